The summed E-state index contributed by atoms with van der Waals surface area (Å²) in [6.07, 6.45) is 1.48. The van der Waals surface area contributed by atoms with Crippen molar-refractivity contribution >= 4 is 0 Å². The topological polar surface area (TPSA) is 41.3 Å². The van der Waals surface area contributed by atoms with Crippen molar-refractivity contribution in [2.75, 3.05) is 27.2 Å². The molecule has 1 aromatic rings. The second kappa shape index (κ2) is 4.99. The lowest BCUT2D eigenvalue weighted by atomic mass is 10.3. The average molecular weight is 183 g/mol. The quantitative estimate of drug-likeness (QED) is 0.680. The van der Waals surface area contributed by atoms with Crippen molar-refractivity contribution in [3.63, 3.8) is 0 Å². The lowest BCUT2D eigenvalue weighted by Gasteiger charge is -2.09. The molecule has 0 saturated heterocycles. The SMILES string of the molecule is Cc1ncoc1CNCCN(C)C. The van der Waals surface area contributed by atoms with Crippen LogP contribution < -0.4 is 5.32 Å². The standard InChI is InChI=1S/C9H17N3O/c1-8-9(13-7-11-8)6-10-4-5-12(2)3/h7,10H,4-6H2,1-3H3. The van der Waals surface area contributed by atoms with Crippen molar-refractivity contribution in [3.05, 3.63) is 17.8 Å². The van der Waals surface area contributed by atoms with Gasteiger partial charge in [0.05, 0.1) is 12.2 Å². The molecule has 13 heavy (non-hydrogen) atoms. The molecule has 1 aromatic heterocycles. The molecule has 1 heterocycles. The molecule has 74 valence electrons. The molecule has 1 rings (SSSR count). The number of hydrogen-bond acceptors (Lipinski definition) is 4. The van der Waals surface area contributed by atoms with E-state index in [-0.39, 0.29) is 0 Å². The first-order chi connectivity index (χ1) is 6.20. The van der Waals surface area contributed by atoms with E-state index in [9.17, 15) is 0 Å². The molecule has 0 bridgehead atoms. The van der Waals surface area contributed by atoms with Crippen LogP contribution in [-0.4, -0.2) is 37.1 Å². The highest BCUT2D eigenvalue weighted by Gasteiger charge is 2.01. The minimum atomic E-state index is 0.764. The lowest BCUT2D eigenvalue weighted by molar-refractivity contribution is 0.391. The fourth-order valence-corrected chi connectivity index (χ4v) is 1.00. The third kappa shape index (κ3) is 3.57. The molecule has 0 aliphatic rings. The Morgan fingerprint density at radius 1 is 1.54 bits per heavy atom. The summed E-state index contributed by atoms with van der Waals surface area (Å²) in [4.78, 5) is 6.15. The Morgan fingerprint density at radius 3 is 2.85 bits per heavy atom. The van der Waals surface area contributed by atoms with Gasteiger partial charge in [0.15, 0.2) is 6.39 Å². The van der Waals surface area contributed by atoms with Gasteiger partial charge >= 0.3 is 0 Å². The predicted molar refractivity (Wildman–Crippen MR) is 51.5 cm³/mol. The Morgan fingerprint density at radius 2 is 2.31 bits per heavy atom. The van der Waals surface area contributed by atoms with Gasteiger partial charge in [-0.2, -0.15) is 0 Å². The number of aryl methyl sites for hydroxylation is 1. The van der Waals surface area contributed by atoms with E-state index in [0.717, 1.165) is 31.1 Å². The number of rotatable bonds is 5. The molecule has 0 amide bonds. The minimum absolute atomic E-state index is 0.764. The Balaban J connectivity index is 2.17. The Labute approximate surface area is 78.9 Å². The molecule has 0 atom stereocenters. The number of hydrogen-bond donors (Lipinski definition) is 1. The molecule has 0 saturated carbocycles. The van der Waals surface area contributed by atoms with Gasteiger partial charge in [0.25, 0.3) is 0 Å². The molecule has 0 unspecified atom stereocenters. The van der Waals surface area contributed by atoms with Crippen molar-refractivity contribution in [2.24, 2.45) is 0 Å². The third-order valence-corrected chi connectivity index (χ3v) is 1.87. The zero-order valence-corrected chi connectivity index (χ0v) is 8.50. The lowest BCUT2D eigenvalue weighted by Crippen LogP contribution is -2.26. The normalized spacial score (nSPS) is 11.1. The molecule has 0 aliphatic carbocycles. The van der Waals surface area contributed by atoms with Gasteiger partial charge < -0.3 is 14.6 Å². The molecule has 4 heteroatoms. The number of aromatic nitrogens is 1. The van der Waals surface area contributed by atoms with Crippen LogP contribution in [0.4, 0.5) is 0 Å². The van der Waals surface area contributed by atoms with Crippen LogP contribution in [0.5, 0.6) is 0 Å². The number of oxazole rings is 1. The molecular formula is C9H17N3O. The first kappa shape index (κ1) is 10.2. The fourth-order valence-electron chi connectivity index (χ4n) is 1.00. The van der Waals surface area contributed by atoms with Crippen LogP contribution in [0.25, 0.3) is 0 Å². The summed E-state index contributed by atoms with van der Waals surface area (Å²) >= 11 is 0. The Hall–Kier alpha value is -0.870. The maximum Gasteiger partial charge on any atom is 0.181 e. The zero-order valence-electron chi connectivity index (χ0n) is 8.50. The van der Waals surface area contributed by atoms with Gasteiger partial charge in [0, 0.05) is 13.1 Å². The van der Waals surface area contributed by atoms with E-state index < -0.39 is 0 Å². The van der Waals surface area contributed by atoms with E-state index in [0.29, 0.717) is 0 Å². The second-order valence-corrected chi connectivity index (χ2v) is 3.34. The summed E-state index contributed by atoms with van der Waals surface area (Å²) in [5.41, 5.74) is 0.970. The fraction of sp³-hybridized carbons (Fsp3) is 0.667. The summed E-state index contributed by atoms with van der Waals surface area (Å²) in [6.45, 7) is 4.71. The predicted octanol–water partition coefficient (Wildman–Crippen LogP) is 0.634. The highest BCUT2D eigenvalue weighted by atomic mass is 16.3. The van der Waals surface area contributed by atoms with Crippen molar-refractivity contribution in [2.45, 2.75) is 13.5 Å². The second-order valence-electron chi connectivity index (χ2n) is 3.34. The maximum atomic E-state index is 5.18. The third-order valence-electron chi connectivity index (χ3n) is 1.87. The van der Waals surface area contributed by atoms with E-state index in [1.807, 2.05) is 6.92 Å². The molecule has 0 aromatic carbocycles. The van der Waals surface area contributed by atoms with Crippen molar-refractivity contribution in [1.29, 1.82) is 0 Å². The highest BCUT2D eigenvalue weighted by Crippen LogP contribution is 2.03. The molecule has 1 N–H and O–H groups in total. The highest BCUT2D eigenvalue weighted by molar-refractivity contribution is 5.03. The molecular weight excluding hydrogens is 166 g/mol. The molecule has 0 radical (unpaired) electrons. The first-order valence-corrected chi connectivity index (χ1v) is 4.44. The zero-order chi connectivity index (χ0) is 9.68. The van der Waals surface area contributed by atoms with Crippen molar-refractivity contribution in [1.82, 2.24) is 15.2 Å². The van der Waals surface area contributed by atoms with Crippen LogP contribution in [0.15, 0.2) is 10.8 Å². The molecule has 0 fully saturated rings. The Bertz CT molecular complexity index is 245. The minimum Gasteiger partial charge on any atom is -0.447 e. The smallest absolute Gasteiger partial charge is 0.181 e. The molecule has 0 spiro atoms. The summed E-state index contributed by atoms with van der Waals surface area (Å²) in [5.74, 6) is 0.929. The van der Waals surface area contributed by atoms with Gasteiger partial charge in [-0.05, 0) is 21.0 Å². The van der Waals surface area contributed by atoms with Crippen LogP contribution in [0.3, 0.4) is 0 Å². The Kier molecular flexibility index (Phi) is 3.92. The number of likely N-dealkylation sites (N-methyl/N-ethyl adjacent to an activating group) is 1. The van der Waals surface area contributed by atoms with Gasteiger partial charge in [-0.15, -0.1) is 0 Å². The summed E-state index contributed by atoms with van der Waals surface area (Å²) < 4.78 is 5.18. The monoisotopic (exact) mass is 183 g/mol. The van der Waals surface area contributed by atoms with E-state index in [1.54, 1.807) is 0 Å². The van der Waals surface area contributed by atoms with E-state index in [1.165, 1.54) is 6.39 Å². The van der Waals surface area contributed by atoms with Gasteiger partial charge in [-0.1, -0.05) is 0 Å². The average Bonchev–Trinajstić information content (AvgIpc) is 2.45. The summed E-state index contributed by atoms with van der Waals surface area (Å²) in [5, 5.41) is 3.28. The first-order valence-electron chi connectivity index (χ1n) is 4.44. The summed E-state index contributed by atoms with van der Waals surface area (Å²) in [7, 11) is 4.11. The van der Waals surface area contributed by atoms with Gasteiger partial charge in [-0.25, -0.2) is 4.98 Å². The van der Waals surface area contributed by atoms with E-state index in [2.05, 4.69) is 29.3 Å². The van der Waals surface area contributed by atoms with E-state index >= 15 is 0 Å². The van der Waals surface area contributed by atoms with Crippen molar-refractivity contribution in [3.8, 4) is 0 Å². The van der Waals surface area contributed by atoms with E-state index in [4.69, 9.17) is 4.42 Å². The summed E-state index contributed by atoms with van der Waals surface area (Å²) in [6, 6.07) is 0. The largest absolute Gasteiger partial charge is 0.447 e. The number of nitrogens with one attached hydrogen (secondary N) is 1. The van der Waals surface area contributed by atoms with Gasteiger partial charge in [0.2, 0.25) is 0 Å². The van der Waals surface area contributed by atoms with Crippen LogP contribution in [0, 0.1) is 6.92 Å². The number of nitrogens with zero attached hydrogens (tertiary/aromatic N) is 2. The van der Waals surface area contributed by atoms with Crippen LogP contribution in [0.1, 0.15) is 11.5 Å². The molecule has 4 nitrogen and oxygen atoms in total. The van der Waals surface area contributed by atoms with Crippen LogP contribution >= 0.6 is 0 Å². The van der Waals surface area contributed by atoms with Crippen molar-refractivity contribution < 1.29 is 4.42 Å². The van der Waals surface area contributed by atoms with Crippen LogP contribution in [-0.2, 0) is 6.54 Å². The van der Waals surface area contributed by atoms with Crippen LogP contribution in [0.2, 0.25) is 0 Å². The van der Waals surface area contributed by atoms with Gasteiger partial charge in [0.1, 0.15) is 5.76 Å². The van der Waals surface area contributed by atoms with Gasteiger partial charge in [-0.3, -0.25) is 0 Å². The molecule has 0 aliphatic heterocycles. The maximum absolute atomic E-state index is 5.18.